The van der Waals surface area contributed by atoms with Crippen molar-refractivity contribution in [2.24, 2.45) is 0 Å². The van der Waals surface area contributed by atoms with Gasteiger partial charge in [-0.25, -0.2) is 8.42 Å². The van der Waals surface area contributed by atoms with Crippen LogP contribution in [0.2, 0.25) is 5.02 Å². The van der Waals surface area contributed by atoms with Gasteiger partial charge in [-0.05, 0) is 37.8 Å². The second kappa shape index (κ2) is 5.59. The number of sulfone groups is 1. The molecule has 1 heterocycles. The van der Waals surface area contributed by atoms with E-state index in [2.05, 4.69) is 0 Å². The molecule has 5 heteroatoms. The summed E-state index contributed by atoms with van der Waals surface area (Å²) >= 11 is 6.06. The number of ether oxygens (including phenoxy) is 1. The van der Waals surface area contributed by atoms with Crippen LogP contribution in [0.25, 0.3) is 0 Å². The van der Waals surface area contributed by atoms with Gasteiger partial charge in [-0.2, -0.15) is 0 Å². The summed E-state index contributed by atoms with van der Waals surface area (Å²) < 4.78 is 29.9. The number of hydrogen-bond acceptors (Lipinski definition) is 3. The Kier molecular flexibility index (Phi) is 4.30. The van der Waals surface area contributed by atoms with Gasteiger partial charge in [-0.3, -0.25) is 0 Å². The molecule has 1 saturated heterocycles. The molecule has 1 atom stereocenters. The maximum absolute atomic E-state index is 12.2. The lowest BCUT2D eigenvalue weighted by atomic mass is 10.2. The maximum Gasteiger partial charge on any atom is 0.179 e. The Balaban J connectivity index is 2.12. The van der Waals surface area contributed by atoms with Crippen LogP contribution in [0.4, 0.5) is 0 Å². The van der Waals surface area contributed by atoms with Crippen LogP contribution in [0.3, 0.4) is 0 Å². The lowest BCUT2D eigenvalue weighted by Gasteiger charge is -2.11. The first-order valence-electron chi connectivity index (χ1n) is 6.10. The molecule has 100 valence electrons. The fourth-order valence-electron chi connectivity index (χ4n) is 2.13. The van der Waals surface area contributed by atoms with Crippen molar-refractivity contribution in [3.05, 3.63) is 28.8 Å². The van der Waals surface area contributed by atoms with Crippen LogP contribution in [-0.2, 0) is 14.6 Å². The van der Waals surface area contributed by atoms with Crippen molar-refractivity contribution in [2.45, 2.75) is 37.2 Å². The van der Waals surface area contributed by atoms with Gasteiger partial charge >= 0.3 is 0 Å². The SMILES string of the molecule is Cc1cccc(S(=O)(=O)CCC2CCCO2)c1Cl. The standard InChI is InChI=1S/C13H17ClO3S/c1-10-4-2-6-12(13(10)14)18(15,16)9-7-11-5-3-8-17-11/h2,4,6,11H,3,5,7-9H2,1H3. The molecule has 0 amide bonds. The Morgan fingerprint density at radius 3 is 2.89 bits per heavy atom. The molecule has 0 bridgehead atoms. The van der Waals surface area contributed by atoms with Gasteiger partial charge in [-0.1, -0.05) is 23.7 Å². The molecule has 3 nitrogen and oxygen atoms in total. The van der Waals surface area contributed by atoms with Crippen molar-refractivity contribution < 1.29 is 13.2 Å². The minimum absolute atomic E-state index is 0.0864. The highest BCUT2D eigenvalue weighted by Crippen LogP contribution is 2.27. The van der Waals surface area contributed by atoms with E-state index in [1.54, 1.807) is 25.1 Å². The summed E-state index contributed by atoms with van der Waals surface area (Å²) in [6.45, 7) is 2.55. The number of aryl methyl sites for hydroxylation is 1. The molecular formula is C13H17ClO3S. The summed E-state index contributed by atoms with van der Waals surface area (Å²) in [5.74, 6) is 0.0981. The monoisotopic (exact) mass is 288 g/mol. The molecule has 1 aliphatic rings. The minimum atomic E-state index is -3.31. The van der Waals surface area contributed by atoms with Crippen LogP contribution in [0.15, 0.2) is 23.1 Å². The molecule has 1 unspecified atom stereocenters. The van der Waals surface area contributed by atoms with Crippen LogP contribution in [0.1, 0.15) is 24.8 Å². The van der Waals surface area contributed by atoms with Crippen LogP contribution >= 0.6 is 11.6 Å². The van der Waals surface area contributed by atoms with Crippen molar-refractivity contribution in [1.82, 2.24) is 0 Å². The van der Waals surface area contributed by atoms with Gasteiger partial charge in [-0.15, -0.1) is 0 Å². The third-order valence-corrected chi connectivity index (χ3v) is 5.62. The molecule has 0 spiro atoms. The fourth-order valence-corrected chi connectivity index (χ4v) is 4.12. The molecule has 1 aliphatic heterocycles. The molecule has 1 aromatic carbocycles. The van der Waals surface area contributed by atoms with Gasteiger partial charge in [0.25, 0.3) is 0 Å². The summed E-state index contributed by atoms with van der Waals surface area (Å²) in [6, 6.07) is 5.10. The number of rotatable bonds is 4. The van der Waals surface area contributed by atoms with Crippen LogP contribution < -0.4 is 0 Å². The zero-order valence-electron chi connectivity index (χ0n) is 10.4. The smallest absolute Gasteiger partial charge is 0.179 e. The van der Waals surface area contributed by atoms with Gasteiger partial charge < -0.3 is 4.74 Å². The fraction of sp³-hybridized carbons (Fsp3) is 0.538. The van der Waals surface area contributed by atoms with Crippen molar-refractivity contribution in [2.75, 3.05) is 12.4 Å². The molecule has 1 aromatic rings. The Morgan fingerprint density at radius 2 is 2.22 bits per heavy atom. The van der Waals surface area contributed by atoms with E-state index in [-0.39, 0.29) is 16.8 Å². The first-order valence-corrected chi connectivity index (χ1v) is 8.13. The summed E-state index contributed by atoms with van der Waals surface area (Å²) in [4.78, 5) is 0.238. The zero-order chi connectivity index (χ0) is 13.2. The molecule has 18 heavy (non-hydrogen) atoms. The lowest BCUT2D eigenvalue weighted by molar-refractivity contribution is 0.109. The molecule has 0 N–H and O–H groups in total. The van der Waals surface area contributed by atoms with E-state index in [0.29, 0.717) is 11.4 Å². The van der Waals surface area contributed by atoms with Crippen molar-refractivity contribution >= 4 is 21.4 Å². The molecule has 0 aliphatic carbocycles. The van der Waals surface area contributed by atoms with E-state index >= 15 is 0 Å². The third kappa shape index (κ3) is 3.05. The number of hydrogen-bond donors (Lipinski definition) is 0. The topological polar surface area (TPSA) is 43.4 Å². The summed E-state index contributed by atoms with van der Waals surface area (Å²) in [7, 11) is -3.31. The number of halogens is 1. The molecule has 0 aromatic heterocycles. The molecular weight excluding hydrogens is 272 g/mol. The van der Waals surface area contributed by atoms with Crippen LogP contribution in [0.5, 0.6) is 0 Å². The third-order valence-electron chi connectivity index (χ3n) is 3.22. The Morgan fingerprint density at radius 1 is 1.44 bits per heavy atom. The largest absolute Gasteiger partial charge is 0.378 e. The van der Waals surface area contributed by atoms with Crippen molar-refractivity contribution in [1.29, 1.82) is 0 Å². The van der Waals surface area contributed by atoms with Crippen molar-refractivity contribution in [3.63, 3.8) is 0 Å². The van der Waals surface area contributed by atoms with Gasteiger partial charge in [0, 0.05) is 6.61 Å². The predicted molar refractivity (Wildman–Crippen MR) is 71.8 cm³/mol. The summed E-state index contributed by atoms with van der Waals surface area (Å²) in [5, 5.41) is 0.338. The Hall–Kier alpha value is -0.580. The predicted octanol–water partition coefficient (Wildman–Crippen LogP) is 2.99. The highest BCUT2D eigenvalue weighted by atomic mass is 35.5. The maximum atomic E-state index is 12.2. The van der Waals surface area contributed by atoms with E-state index < -0.39 is 9.84 Å². The zero-order valence-corrected chi connectivity index (χ0v) is 11.9. The van der Waals surface area contributed by atoms with Crippen molar-refractivity contribution in [3.8, 4) is 0 Å². The highest BCUT2D eigenvalue weighted by Gasteiger charge is 2.23. The molecule has 1 fully saturated rings. The minimum Gasteiger partial charge on any atom is -0.378 e. The van der Waals surface area contributed by atoms with Gasteiger partial charge in [0.1, 0.15) is 0 Å². The molecule has 2 rings (SSSR count). The van der Waals surface area contributed by atoms with Crippen LogP contribution in [0, 0.1) is 6.92 Å². The highest BCUT2D eigenvalue weighted by molar-refractivity contribution is 7.91. The number of benzene rings is 1. The summed E-state index contributed by atoms with van der Waals surface area (Å²) in [5.41, 5.74) is 0.787. The Labute approximate surface area is 113 Å². The normalized spacial score (nSPS) is 20.2. The molecule has 0 radical (unpaired) electrons. The van der Waals surface area contributed by atoms with E-state index in [1.807, 2.05) is 0 Å². The van der Waals surface area contributed by atoms with Crippen LogP contribution in [-0.4, -0.2) is 26.9 Å². The first kappa shape index (κ1) is 13.8. The van der Waals surface area contributed by atoms with E-state index in [1.165, 1.54) is 0 Å². The van der Waals surface area contributed by atoms with Gasteiger partial charge in [0.15, 0.2) is 9.84 Å². The average Bonchev–Trinajstić information content (AvgIpc) is 2.83. The van der Waals surface area contributed by atoms with Gasteiger partial charge in [0.05, 0.1) is 21.8 Å². The average molecular weight is 289 g/mol. The van der Waals surface area contributed by atoms with Gasteiger partial charge in [0.2, 0.25) is 0 Å². The van der Waals surface area contributed by atoms with E-state index in [4.69, 9.17) is 16.3 Å². The van der Waals surface area contributed by atoms with E-state index in [9.17, 15) is 8.42 Å². The van der Waals surface area contributed by atoms with E-state index in [0.717, 1.165) is 25.0 Å². The summed E-state index contributed by atoms with van der Waals surface area (Å²) in [6.07, 6.45) is 2.61. The first-order chi connectivity index (χ1) is 8.50. The lowest BCUT2D eigenvalue weighted by Crippen LogP contribution is -2.15. The Bertz CT molecular complexity index is 519. The second-order valence-corrected chi connectivity index (χ2v) is 7.09. The second-order valence-electron chi connectivity index (χ2n) is 4.63. The molecule has 0 saturated carbocycles. The quantitative estimate of drug-likeness (QED) is 0.855.